The first-order chi connectivity index (χ1) is 9.25. The number of hydrogen-bond acceptors (Lipinski definition) is 5. The molecule has 0 radical (unpaired) electrons. The molecule has 0 saturated carbocycles. The summed E-state index contributed by atoms with van der Waals surface area (Å²) < 4.78 is 5.53. The van der Waals surface area contributed by atoms with Gasteiger partial charge in [-0.2, -0.15) is 0 Å². The van der Waals surface area contributed by atoms with Crippen molar-refractivity contribution in [1.82, 2.24) is 15.0 Å². The topological polar surface area (TPSA) is 93.9 Å². The van der Waals surface area contributed by atoms with Crippen molar-refractivity contribution in [1.29, 1.82) is 0 Å². The van der Waals surface area contributed by atoms with E-state index in [-0.39, 0.29) is 5.88 Å². The number of aromatic nitrogens is 3. The van der Waals surface area contributed by atoms with E-state index in [1.54, 1.807) is 24.4 Å². The van der Waals surface area contributed by atoms with Crippen LogP contribution in [0.25, 0.3) is 10.9 Å². The molecule has 6 heteroatoms. The van der Waals surface area contributed by atoms with Gasteiger partial charge in [0.05, 0.1) is 11.2 Å². The zero-order valence-electron chi connectivity index (χ0n) is 9.83. The summed E-state index contributed by atoms with van der Waals surface area (Å²) in [7, 11) is 0. The number of pyridine rings is 1. The van der Waals surface area contributed by atoms with Crippen molar-refractivity contribution in [2.45, 2.75) is 0 Å². The van der Waals surface area contributed by atoms with Crippen LogP contribution in [-0.4, -0.2) is 15.0 Å². The van der Waals surface area contributed by atoms with E-state index < -0.39 is 5.56 Å². The number of ether oxygens (including phenoxy) is 1. The van der Waals surface area contributed by atoms with Gasteiger partial charge in [-0.25, -0.2) is 4.98 Å². The zero-order valence-corrected chi connectivity index (χ0v) is 9.83. The van der Waals surface area contributed by atoms with Crippen LogP contribution in [0.15, 0.2) is 47.7 Å². The quantitative estimate of drug-likeness (QED) is 0.679. The van der Waals surface area contributed by atoms with E-state index in [0.717, 1.165) is 5.39 Å². The molecule has 1 aromatic carbocycles. The van der Waals surface area contributed by atoms with E-state index in [2.05, 4.69) is 15.0 Å². The molecular formula is C13H10N4O2. The van der Waals surface area contributed by atoms with Crippen molar-refractivity contribution in [3.8, 4) is 11.6 Å². The number of aromatic amines is 1. The zero-order chi connectivity index (χ0) is 13.2. The van der Waals surface area contributed by atoms with Crippen LogP contribution in [0.5, 0.6) is 11.6 Å². The van der Waals surface area contributed by atoms with Crippen LogP contribution in [0.2, 0.25) is 0 Å². The Morgan fingerprint density at radius 1 is 1.16 bits per heavy atom. The normalized spacial score (nSPS) is 10.5. The van der Waals surface area contributed by atoms with Gasteiger partial charge in [-0.3, -0.25) is 9.78 Å². The number of fused-ring (bicyclic) bond motifs is 1. The van der Waals surface area contributed by atoms with Gasteiger partial charge >= 0.3 is 5.56 Å². The molecule has 0 amide bonds. The smallest absolute Gasteiger partial charge is 0.311 e. The summed E-state index contributed by atoms with van der Waals surface area (Å²) in [6, 6.07) is 6.97. The van der Waals surface area contributed by atoms with E-state index in [4.69, 9.17) is 10.5 Å². The standard InChI is InChI=1S/C13H10N4O2/c14-9-3-4-10(8-2-1-5-15-11(8)9)19-13-12(18)16-6-7-17-13/h1-7H,14H2,(H,16,18). The molecule has 2 aromatic heterocycles. The summed E-state index contributed by atoms with van der Waals surface area (Å²) in [4.78, 5) is 22.1. The van der Waals surface area contributed by atoms with Crippen molar-refractivity contribution < 1.29 is 4.74 Å². The van der Waals surface area contributed by atoms with E-state index in [1.807, 2.05) is 6.07 Å². The number of rotatable bonds is 2. The SMILES string of the molecule is Nc1ccc(Oc2ncc[nH]c2=O)c2cccnc12. The second-order valence-corrected chi connectivity index (χ2v) is 3.88. The number of anilines is 1. The highest BCUT2D eigenvalue weighted by molar-refractivity contribution is 5.93. The first kappa shape index (κ1) is 11.2. The molecule has 2 heterocycles. The Bertz CT molecular complexity index is 798. The summed E-state index contributed by atoms with van der Waals surface area (Å²) in [5.74, 6) is 0.471. The molecule has 0 aliphatic rings. The highest BCUT2D eigenvalue weighted by Gasteiger charge is 2.09. The molecule has 0 saturated heterocycles. The van der Waals surface area contributed by atoms with E-state index in [9.17, 15) is 4.79 Å². The molecule has 0 spiro atoms. The van der Waals surface area contributed by atoms with Crippen molar-refractivity contribution >= 4 is 16.6 Å². The first-order valence-corrected chi connectivity index (χ1v) is 5.60. The minimum Gasteiger partial charge on any atom is -0.434 e. The molecule has 6 nitrogen and oxygen atoms in total. The van der Waals surface area contributed by atoms with Gasteiger partial charge < -0.3 is 15.5 Å². The summed E-state index contributed by atoms with van der Waals surface area (Å²) in [5.41, 5.74) is 6.64. The third-order valence-corrected chi connectivity index (χ3v) is 2.64. The Kier molecular flexibility index (Phi) is 2.60. The molecule has 94 valence electrons. The van der Waals surface area contributed by atoms with Gasteiger partial charge in [-0.1, -0.05) is 0 Å². The summed E-state index contributed by atoms with van der Waals surface area (Å²) in [6.07, 6.45) is 4.54. The molecule has 19 heavy (non-hydrogen) atoms. The molecule has 3 rings (SSSR count). The minimum absolute atomic E-state index is 0.0163. The van der Waals surface area contributed by atoms with Gasteiger partial charge in [0, 0.05) is 24.0 Å². The molecule has 0 fully saturated rings. The largest absolute Gasteiger partial charge is 0.434 e. The number of nitrogens with one attached hydrogen (secondary N) is 1. The predicted octanol–water partition coefficient (Wildman–Crippen LogP) is 1.69. The maximum Gasteiger partial charge on any atom is 0.311 e. The number of benzene rings is 1. The lowest BCUT2D eigenvalue weighted by molar-refractivity contribution is 0.459. The maximum atomic E-state index is 11.5. The monoisotopic (exact) mass is 254 g/mol. The molecule has 3 N–H and O–H groups in total. The molecule has 0 atom stereocenters. The van der Waals surface area contributed by atoms with Crippen LogP contribution < -0.4 is 16.0 Å². The summed E-state index contributed by atoms with van der Waals surface area (Å²) in [6.45, 7) is 0. The van der Waals surface area contributed by atoms with Crippen LogP contribution in [0.3, 0.4) is 0 Å². The van der Waals surface area contributed by atoms with E-state index in [0.29, 0.717) is 17.0 Å². The van der Waals surface area contributed by atoms with Crippen molar-refractivity contribution in [2.75, 3.05) is 5.73 Å². The lowest BCUT2D eigenvalue weighted by atomic mass is 10.2. The molecule has 3 aromatic rings. The maximum absolute atomic E-state index is 11.5. The number of H-pyrrole nitrogens is 1. The fraction of sp³-hybridized carbons (Fsp3) is 0. The van der Waals surface area contributed by atoms with Gasteiger partial charge in [0.2, 0.25) is 0 Å². The Balaban J connectivity index is 2.14. The Morgan fingerprint density at radius 3 is 2.89 bits per heavy atom. The van der Waals surface area contributed by atoms with Crippen LogP contribution in [0.1, 0.15) is 0 Å². The van der Waals surface area contributed by atoms with Crippen molar-refractivity contribution in [3.63, 3.8) is 0 Å². The Labute approximate surface area is 107 Å². The first-order valence-electron chi connectivity index (χ1n) is 5.60. The van der Waals surface area contributed by atoms with Gasteiger partial charge in [0.25, 0.3) is 5.88 Å². The predicted molar refractivity (Wildman–Crippen MR) is 71.1 cm³/mol. The lowest BCUT2D eigenvalue weighted by Crippen LogP contribution is -2.09. The van der Waals surface area contributed by atoms with Gasteiger partial charge in [0.1, 0.15) is 5.75 Å². The molecule has 0 unspecified atom stereocenters. The van der Waals surface area contributed by atoms with Gasteiger partial charge in [-0.05, 0) is 24.3 Å². The van der Waals surface area contributed by atoms with Gasteiger partial charge in [0.15, 0.2) is 0 Å². The number of nitrogen functional groups attached to an aromatic ring is 1. The van der Waals surface area contributed by atoms with Crippen LogP contribution in [-0.2, 0) is 0 Å². The molecule has 0 bridgehead atoms. The highest BCUT2D eigenvalue weighted by Crippen LogP contribution is 2.30. The van der Waals surface area contributed by atoms with E-state index in [1.165, 1.54) is 12.4 Å². The Hall–Kier alpha value is -2.89. The molecule has 0 aliphatic heterocycles. The minimum atomic E-state index is -0.392. The number of hydrogen-bond donors (Lipinski definition) is 2. The fourth-order valence-corrected chi connectivity index (χ4v) is 1.77. The second kappa shape index (κ2) is 4.41. The molecule has 0 aliphatic carbocycles. The second-order valence-electron chi connectivity index (χ2n) is 3.88. The van der Waals surface area contributed by atoms with E-state index >= 15 is 0 Å². The number of nitrogens with two attached hydrogens (primary N) is 1. The average molecular weight is 254 g/mol. The third kappa shape index (κ3) is 1.99. The fourth-order valence-electron chi connectivity index (χ4n) is 1.77. The summed E-state index contributed by atoms with van der Waals surface area (Å²) in [5, 5.41) is 0.729. The average Bonchev–Trinajstić information content (AvgIpc) is 2.44. The van der Waals surface area contributed by atoms with Crippen molar-refractivity contribution in [2.24, 2.45) is 0 Å². The van der Waals surface area contributed by atoms with Crippen molar-refractivity contribution in [3.05, 3.63) is 53.2 Å². The van der Waals surface area contributed by atoms with Crippen LogP contribution in [0.4, 0.5) is 5.69 Å². The lowest BCUT2D eigenvalue weighted by Gasteiger charge is -2.08. The third-order valence-electron chi connectivity index (χ3n) is 2.64. The molecular weight excluding hydrogens is 244 g/mol. The summed E-state index contributed by atoms with van der Waals surface area (Å²) >= 11 is 0. The Morgan fingerprint density at radius 2 is 2.05 bits per heavy atom. The van der Waals surface area contributed by atoms with Crippen LogP contribution >= 0.6 is 0 Å². The highest BCUT2D eigenvalue weighted by atomic mass is 16.5. The van der Waals surface area contributed by atoms with Crippen LogP contribution in [0, 0.1) is 0 Å². The number of nitrogens with zero attached hydrogens (tertiary/aromatic N) is 2. The van der Waals surface area contributed by atoms with Gasteiger partial charge in [-0.15, -0.1) is 0 Å².